The van der Waals surface area contributed by atoms with E-state index in [2.05, 4.69) is 26.2 Å². The second-order valence-electron chi connectivity index (χ2n) is 5.36. The van der Waals surface area contributed by atoms with Crippen molar-refractivity contribution in [3.8, 4) is 0 Å². The highest BCUT2D eigenvalue weighted by atomic mass is 14.9. The van der Waals surface area contributed by atoms with Crippen LogP contribution in [-0.2, 0) is 0 Å². The number of hydrogen-bond acceptors (Lipinski definition) is 1. The summed E-state index contributed by atoms with van der Waals surface area (Å²) in [5, 5.41) is 3.49. The zero-order chi connectivity index (χ0) is 11.1. The average molecular weight is 211 g/mol. The van der Waals surface area contributed by atoms with E-state index in [-0.39, 0.29) is 0 Å². The third kappa shape index (κ3) is 4.55. The van der Waals surface area contributed by atoms with Gasteiger partial charge in [0.1, 0.15) is 0 Å². The van der Waals surface area contributed by atoms with E-state index in [1.165, 1.54) is 51.4 Å². The first-order valence-corrected chi connectivity index (χ1v) is 6.95. The summed E-state index contributed by atoms with van der Waals surface area (Å²) < 4.78 is 0. The molecule has 1 fully saturated rings. The Morgan fingerprint density at radius 2 is 1.87 bits per heavy atom. The first-order valence-electron chi connectivity index (χ1n) is 6.95. The maximum atomic E-state index is 3.49. The van der Waals surface area contributed by atoms with Crippen LogP contribution < -0.4 is 5.32 Å². The molecule has 0 radical (unpaired) electrons. The van der Waals surface area contributed by atoms with E-state index in [1.807, 2.05) is 0 Å². The van der Waals surface area contributed by atoms with Crippen molar-refractivity contribution in [1.29, 1.82) is 0 Å². The van der Waals surface area contributed by atoms with Gasteiger partial charge in [0.2, 0.25) is 0 Å². The molecule has 1 N–H and O–H groups in total. The Morgan fingerprint density at radius 3 is 2.40 bits per heavy atom. The first kappa shape index (κ1) is 13.0. The Balaban J connectivity index is 2.20. The fourth-order valence-electron chi connectivity index (χ4n) is 2.89. The van der Waals surface area contributed by atoms with Crippen molar-refractivity contribution >= 4 is 0 Å². The number of hydrogen-bond donors (Lipinski definition) is 1. The molecule has 0 aliphatic heterocycles. The largest absolute Gasteiger partial charge is 0.317 e. The lowest BCUT2D eigenvalue weighted by Gasteiger charge is -2.27. The molecule has 1 heteroatoms. The molecule has 1 nitrogen and oxygen atoms in total. The first-order chi connectivity index (χ1) is 7.27. The van der Waals surface area contributed by atoms with Crippen LogP contribution in [0, 0.1) is 11.8 Å². The molecule has 0 spiro atoms. The van der Waals surface area contributed by atoms with Crippen LogP contribution in [0.15, 0.2) is 0 Å². The predicted octanol–water partition coefficient (Wildman–Crippen LogP) is 3.98. The minimum atomic E-state index is 0.747. The summed E-state index contributed by atoms with van der Waals surface area (Å²) >= 11 is 0. The molecule has 0 heterocycles. The summed E-state index contributed by atoms with van der Waals surface area (Å²) in [6.45, 7) is 4.68. The molecular formula is C14H29N. The summed E-state index contributed by atoms with van der Waals surface area (Å²) in [6, 6.07) is 0.747. The monoisotopic (exact) mass is 211 g/mol. The molecule has 0 saturated heterocycles. The molecule has 90 valence electrons. The van der Waals surface area contributed by atoms with Gasteiger partial charge >= 0.3 is 0 Å². The molecule has 0 aromatic rings. The van der Waals surface area contributed by atoms with Crippen LogP contribution >= 0.6 is 0 Å². The molecule has 2 unspecified atom stereocenters. The van der Waals surface area contributed by atoms with Crippen LogP contribution in [0.25, 0.3) is 0 Å². The number of nitrogens with one attached hydrogen (secondary N) is 1. The van der Waals surface area contributed by atoms with Crippen LogP contribution in [0.4, 0.5) is 0 Å². The molecule has 2 atom stereocenters. The third-order valence-electron chi connectivity index (χ3n) is 4.31. The summed E-state index contributed by atoms with van der Waals surface area (Å²) in [5.41, 5.74) is 0. The van der Waals surface area contributed by atoms with Gasteiger partial charge in [0, 0.05) is 6.04 Å². The average Bonchev–Trinajstić information content (AvgIpc) is 2.31. The van der Waals surface area contributed by atoms with Gasteiger partial charge in [-0.25, -0.2) is 0 Å². The van der Waals surface area contributed by atoms with Crippen molar-refractivity contribution in [3.63, 3.8) is 0 Å². The molecule has 0 aromatic carbocycles. The lowest BCUT2D eigenvalue weighted by atomic mass is 9.83. The van der Waals surface area contributed by atoms with E-state index in [0.717, 1.165) is 17.9 Å². The minimum Gasteiger partial charge on any atom is -0.317 e. The van der Waals surface area contributed by atoms with Crippen molar-refractivity contribution in [3.05, 3.63) is 0 Å². The maximum absolute atomic E-state index is 3.49. The lowest BCUT2D eigenvalue weighted by Crippen LogP contribution is -2.32. The predicted molar refractivity (Wildman–Crippen MR) is 68.1 cm³/mol. The van der Waals surface area contributed by atoms with Crippen LogP contribution in [0.2, 0.25) is 0 Å². The van der Waals surface area contributed by atoms with Gasteiger partial charge in [-0.05, 0) is 31.7 Å². The molecule has 1 aliphatic carbocycles. The van der Waals surface area contributed by atoms with Gasteiger partial charge in [0.15, 0.2) is 0 Å². The van der Waals surface area contributed by atoms with Gasteiger partial charge in [-0.15, -0.1) is 0 Å². The minimum absolute atomic E-state index is 0.747. The van der Waals surface area contributed by atoms with Gasteiger partial charge in [-0.3, -0.25) is 0 Å². The summed E-state index contributed by atoms with van der Waals surface area (Å²) in [7, 11) is 2.12. The van der Waals surface area contributed by atoms with Gasteiger partial charge in [0.25, 0.3) is 0 Å². The van der Waals surface area contributed by atoms with Gasteiger partial charge in [-0.1, -0.05) is 52.4 Å². The second-order valence-corrected chi connectivity index (χ2v) is 5.36. The summed E-state index contributed by atoms with van der Waals surface area (Å²) in [6.07, 6.45) is 11.6. The smallest absolute Gasteiger partial charge is 0.00896 e. The van der Waals surface area contributed by atoms with Crippen molar-refractivity contribution in [2.24, 2.45) is 11.8 Å². The van der Waals surface area contributed by atoms with Crippen molar-refractivity contribution in [2.45, 2.75) is 71.3 Å². The standard InChI is InChI=1S/C14H29N/c1-4-12(2)14(15-3)11-10-13-8-6-5-7-9-13/h12-15H,4-11H2,1-3H3. The Kier molecular flexibility index (Phi) is 6.31. The molecule has 1 rings (SSSR count). The van der Waals surface area contributed by atoms with Gasteiger partial charge in [0.05, 0.1) is 0 Å². The van der Waals surface area contributed by atoms with Crippen LogP contribution in [0.5, 0.6) is 0 Å². The SMILES string of the molecule is CCC(C)C(CCC1CCCCC1)NC. The van der Waals surface area contributed by atoms with E-state index in [1.54, 1.807) is 0 Å². The van der Waals surface area contributed by atoms with Gasteiger partial charge < -0.3 is 5.32 Å². The highest BCUT2D eigenvalue weighted by molar-refractivity contribution is 4.74. The lowest BCUT2D eigenvalue weighted by molar-refractivity contribution is 0.288. The molecule has 0 bridgehead atoms. The van der Waals surface area contributed by atoms with E-state index in [9.17, 15) is 0 Å². The normalized spacial score (nSPS) is 22.6. The Hall–Kier alpha value is -0.0400. The molecule has 1 saturated carbocycles. The van der Waals surface area contributed by atoms with E-state index in [4.69, 9.17) is 0 Å². The molecule has 1 aliphatic rings. The Labute approximate surface area is 96.0 Å². The molecule has 0 amide bonds. The second kappa shape index (κ2) is 7.27. The summed E-state index contributed by atoms with van der Waals surface area (Å²) in [4.78, 5) is 0. The summed E-state index contributed by atoms with van der Waals surface area (Å²) in [5.74, 6) is 1.87. The Bertz CT molecular complexity index is 149. The van der Waals surface area contributed by atoms with E-state index in [0.29, 0.717) is 0 Å². The zero-order valence-electron chi connectivity index (χ0n) is 10.9. The van der Waals surface area contributed by atoms with Crippen molar-refractivity contribution in [1.82, 2.24) is 5.32 Å². The van der Waals surface area contributed by atoms with Crippen LogP contribution in [-0.4, -0.2) is 13.1 Å². The van der Waals surface area contributed by atoms with E-state index >= 15 is 0 Å². The fourth-order valence-corrected chi connectivity index (χ4v) is 2.89. The maximum Gasteiger partial charge on any atom is 0.00896 e. The highest BCUT2D eigenvalue weighted by Gasteiger charge is 2.18. The third-order valence-corrected chi connectivity index (χ3v) is 4.31. The topological polar surface area (TPSA) is 12.0 Å². The zero-order valence-corrected chi connectivity index (χ0v) is 10.9. The van der Waals surface area contributed by atoms with Gasteiger partial charge in [-0.2, -0.15) is 0 Å². The van der Waals surface area contributed by atoms with Crippen molar-refractivity contribution in [2.75, 3.05) is 7.05 Å². The highest BCUT2D eigenvalue weighted by Crippen LogP contribution is 2.28. The quantitative estimate of drug-likeness (QED) is 0.700. The van der Waals surface area contributed by atoms with E-state index < -0.39 is 0 Å². The number of rotatable bonds is 6. The van der Waals surface area contributed by atoms with Crippen LogP contribution in [0.1, 0.15) is 65.2 Å². The molecule has 0 aromatic heterocycles. The Morgan fingerprint density at radius 1 is 1.20 bits per heavy atom. The molecule has 15 heavy (non-hydrogen) atoms. The molecular weight excluding hydrogens is 182 g/mol. The fraction of sp³-hybridized carbons (Fsp3) is 1.00. The van der Waals surface area contributed by atoms with Crippen molar-refractivity contribution < 1.29 is 0 Å². The van der Waals surface area contributed by atoms with Crippen LogP contribution in [0.3, 0.4) is 0 Å².